The standard InChI is InChI=1S/C12H15BrF3N3O/c13-9-7-10(12(14,15)16)11(18-8-9)17-1-2-19-3-5-20-6-4-19/h7-8H,1-6H2,(H,17,18). The Morgan fingerprint density at radius 3 is 2.70 bits per heavy atom. The first-order chi connectivity index (χ1) is 9.47. The molecule has 4 nitrogen and oxygen atoms in total. The highest BCUT2D eigenvalue weighted by molar-refractivity contribution is 9.10. The summed E-state index contributed by atoms with van der Waals surface area (Å²) in [6, 6.07) is 1.03. The van der Waals surface area contributed by atoms with Crippen LogP contribution in [0.1, 0.15) is 5.56 Å². The van der Waals surface area contributed by atoms with Crippen LogP contribution in [-0.2, 0) is 10.9 Å². The lowest BCUT2D eigenvalue weighted by Crippen LogP contribution is -2.39. The van der Waals surface area contributed by atoms with Gasteiger partial charge in [-0.1, -0.05) is 0 Å². The van der Waals surface area contributed by atoms with Crippen LogP contribution in [0.2, 0.25) is 0 Å². The monoisotopic (exact) mass is 353 g/mol. The number of aromatic nitrogens is 1. The van der Waals surface area contributed by atoms with Gasteiger partial charge in [0.15, 0.2) is 0 Å². The molecule has 1 aromatic heterocycles. The van der Waals surface area contributed by atoms with Crippen LogP contribution in [0.4, 0.5) is 19.0 Å². The van der Waals surface area contributed by atoms with Crippen LogP contribution in [0, 0.1) is 0 Å². The Kier molecular flexibility index (Phi) is 5.22. The number of halogens is 4. The molecule has 8 heteroatoms. The Labute approximate surface area is 123 Å². The number of morpholine rings is 1. The van der Waals surface area contributed by atoms with Gasteiger partial charge in [0.25, 0.3) is 0 Å². The average molecular weight is 354 g/mol. The summed E-state index contributed by atoms with van der Waals surface area (Å²) in [4.78, 5) is 5.95. The molecule has 2 rings (SSSR count). The molecular weight excluding hydrogens is 339 g/mol. The summed E-state index contributed by atoms with van der Waals surface area (Å²) in [6.07, 6.45) is -3.07. The fourth-order valence-corrected chi connectivity index (χ4v) is 2.28. The van der Waals surface area contributed by atoms with Crippen LogP contribution < -0.4 is 5.32 Å². The van der Waals surface area contributed by atoms with Crippen LogP contribution in [0.25, 0.3) is 0 Å². The van der Waals surface area contributed by atoms with Gasteiger partial charge in [-0.25, -0.2) is 4.98 Å². The number of ether oxygens (including phenoxy) is 1. The van der Waals surface area contributed by atoms with Crippen molar-refractivity contribution >= 4 is 21.7 Å². The summed E-state index contributed by atoms with van der Waals surface area (Å²) >= 11 is 3.01. The molecule has 1 N–H and O–H groups in total. The quantitative estimate of drug-likeness (QED) is 0.902. The van der Waals surface area contributed by atoms with E-state index in [1.807, 2.05) is 0 Å². The van der Waals surface area contributed by atoms with Gasteiger partial charge < -0.3 is 10.1 Å². The van der Waals surface area contributed by atoms with Gasteiger partial charge >= 0.3 is 6.18 Å². The lowest BCUT2D eigenvalue weighted by atomic mass is 10.2. The van der Waals surface area contributed by atoms with E-state index >= 15 is 0 Å². The third-order valence-corrected chi connectivity index (χ3v) is 3.42. The largest absolute Gasteiger partial charge is 0.419 e. The third-order valence-electron chi connectivity index (χ3n) is 2.98. The molecule has 0 spiro atoms. The first-order valence-electron chi connectivity index (χ1n) is 6.23. The van der Waals surface area contributed by atoms with Crippen LogP contribution in [0.5, 0.6) is 0 Å². The molecule has 1 aromatic rings. The van der Waals surface area contributed by atoms with Crippen molar-refractivity contribution in [3.63, 3.8) is 0 Å². The van der Waals surface area contributed by atoms with Crippen molar-refractivity contribution in [2.45, 2.75) is 6.18 Å². The topological polar surface area (TPSA) is 37.4 Å². The minimum atomic E-state index is -4.42. The lowest BCUT2D eigenvalue weighted by molar-refractivity contribution is -0.137. The van der Waals surface area contributed by atoms with E-state index in [9.17, 15) is 13.2 Å². The van der Waals surface area contributed by atoms with Crippen LogP contribution in [0.3, 0.4) is 0 Å². The second-order valence-corrected chi connectivity index (χ2v) is 5.34. The predicted molar refractivity (Wildman–Crippen MR) is 72.7 cm³/mol. The second-order valence-electron chi connectivity index (χ2n) is 4.43. The molecule has 1 aliphatic rings. The van der Waals surface area contributed by atoms with E-state index < -0.39 is 11.7 Å². The van der Waals surface area contributed by atoms with Gasteiger partial charge in [-0.2, -0.15) is 13.2 Å². The summed E-state index contributed by atoms with van der Waals surface area (Å²) < 4.78 is 44.2. The molecule has 1 saturated heterocycles. The van der Waals surface area contributed by atoms with E-state index in [1.165, 1.54) is 6.20 Å². The molecule has 1 fully saturated rings. The normalized spacial score (nSPS) is 17.2. The molecule has 0 aromatic carbocycles. The smallest absolute Gasteiger partial charge is 0.379 e. The number of anilines is 1. The highest BCUT2D eigenvalue weighted by Gasteiger charge is 2.34. The maximum absolute atomic E-state index is 12.9. The number of hydrogen-bond acceptors (Lipinski definition) is 4. The maximum atomic E-state index is 12.9. The number of nitrogens with zero attached hydrogens (tertiary/aromatic N) is 2. The van der Waals surface area contributed by atoms with Gasteiger partial charge in [0.05, 0.1) is 18.8 Å². The van der Waals surface area contributed by atoms with Crippen LogP contribution >= 0.6 is 15.9 Å². The van der Waals surface area contributed by atoms with Crippen molar-refractivity contribution < 1.29 is 17.9 Å². The Morgan fingerprint density at radius 1 is 1.35 bits per heavy atom. The molecule has 0 amide bonds. The highest BCUT2D eigenvalue weighted by atomic mass is 79.9. The minimum absolute atomic E-state index is 0.131. The first kappa shape index (κ1) is 15.5. The Hall–Kier alpha value is -0.860. The van der Waals surface area contributed by atoms with Crippen molar-refractivity contribution in [1.82, 2.24) is 9.88 Å². The zero-order chi connectivity index (χ0) is 14.6. The number of pyridine rings is 1. The summed E-state index contributed by atoms with van der Waals surface area (Å²) in [5.74, 6) is -0.131. The Morgan fingerprint density at radius 2 is 2.05 bits per heavy atom. The first-order valence-corrected chi connectivity index (χ1v) is 7.03. The zero-order valence-electron chi connectivity index (χ0n) is 10.7. The molecule has 0 saturated carbocycles. The molecule has 0 atom stereocenters. The Balaban J connectivity index is 1.95. The molecule has 112 valence electrons. The van der Waals surface area contributed by atoms with E-state index in [-0.39, 0.29) is 5.82 Å². The van der Waals surface area contributed by atoms with Gasteiger partial charge in [0.2, 0.25) is 0 Å². The van der Waals surface area contributed by atoms with E-state index in [0.29, 0.717) is 30.8 Å². The fourth-order valence-electron chi connectivity index (χ4n) is 1.95. The molecular formula is C12H15BrF3N3O. The number of alkyl halides is 3. The summed E-state index contributed by atoms with van der Waals surface area (Å²) in [5.41, 5.74) is -0.756. The lowest BCUT2D eigenvalue weighted by Gasteiger charge is -2.26. The predicted octanol–water partition coefficient (Wildman–Crippen LogP) is 2.61. The van der Waals surface area contributed by atoms with Crippen molar-refractivity contribution in [1.29, 1.82) is 0 Å². The number of nitrogens with one attached hydrogen (secondary N) is 1. The van der Waals surface area contributed by atoms with E-state index in [4.69, 9.17) is 4.74 Å². The minimum Gasteiger partial charge on any atom is -0.379 e. The number of hydrogen-bond donors (Lipinski definition) is 1. The molecule has 0 bridgehead atoms. The molecule has 2 heterocycles. The molecule has 0 unspecified atom stereocenters. The molecule has 1 aliphatic heterocycles. The van der Waals surface area contributed by atoms with Crippen LogP contribution in [0.15, 0.2) is 16.7 Å². The molecule has 20 heavy (non-hydrogen) atoms. The summed E-state index contributed by atoms with van der Waals surface area (Å²) in [5, 5.41) is 2.76. The maximum Gasteiger partial charge on any atom is 0.419 e. The zero-order valence-corrected chi connectivity index (χ0v) is 12.3. The van der Waals surface area contributed by atoms with E-state index in [2.05, 4.69) is 31.1 Å². The van der Waals surface area contributed by atoms with Crippen LogP contribution in [-0.4, -0.2) is 49.3 Å². The van der Waals surface area contributed by atoms with Crippen molar-refractivity contribution in [3.05, 3.63) is 22.3 Å². The third kappa shape index (κ3) is 4.32. The Bertz CT molecular complexity index is 450. The summed E-state index contributed by atoms with van der Waals surface area (Å²) in [6.45, 7) is 4.04. The fraction of sp³-hybridized carbons (Fsp3) is 0.583. The van der Waals surface area contributed by atoms with Gasteiger partial charge in [-0.05, 0) is 22.0 Å². The SMILES string of the molecule is FC(F)(F)c1cc(Br)cnc1NCCN1CCOCC1. The number of rotatable bonds is 4. The van der Waals surface area contributed by atoms with Gasteiger partial charge in [0.1, 0.15) is 5.82 Å². The van der Waals surface area contributed by atoms with Gasteiger partial charge in [-0.15, -0.1) is 0 Å². The van der Waals surface area contributed by atoms with Crippen molar-refractivity contribution in [3.8, 4) is 0 Å². The summed E-state index contributed by atoms with van der Waals surface area (Å²) in [7, 11) is 0. The van der Waals surface area contributed by atoms with Gasteiger partial charge in [-0.3, -0.25) is 4.90 Å². The van der Waals surface area contributed by atoms with Gasteiger partial charge in [0, 0.05) is 36.8 Å². The van der Waals surface area contributed by atoms with E-state index in [1.54, 1.807) is 0 Å². The van der Waals surface area contributed by atoms with Crippen molar-refractivity contribution in [2.24, 2.45) is 0 Å². The molecule has 0 radical (unpaired) electrons. The molecule has 0 aliphatic carbocycles. The second kappa shape index (κ2) is 6.73. The average Bonchev–Trinajstić information content (AvgIpc) is 2.40. The van der Waals surface area contributed by atoms with E-state index in [0.717, 1.165) is 19.2 Å². The highest BCUT2D eigenvalue weighted by Crippen LogP contribution is 2.35. The van der Waals surface area contributed by atoms with Crippen molar-refractivity contribution in [2.75, 3.05) is 44.7 Å².